The fourth-order valence-corrected chi connectivity index (χ4v) is 2.68. The average molecular weight is 352 g/mol. The Labute approximate surface area is 149 Å². The van der Waals surface area contributed by atoms with Gasteiger partial charge in [0, 0.05) is 11.3 Å². The first-order valence-corrected chi connectivity index (χ1v) is 7.92. The van der Waals surface area contributed by atoms with Crippen LogP contribution in [0, 0.1) is 0 Å². The SMILES string of the molecule is O=C(Nc1ccc(C(=O)O)c(Cl)c1)c1ccc(-c2ccccc2)cc1. The molecule has 25 heavy (non-hydrogen) atoms. The summed E-state index contributed by atoms with van der Waals surface area (Å²) in [4.78, 5) is 23.3. The van der Waals surface area contributed by atoms with Crippen LogP contribution in [0.2, 0.25) is 5.02 Å². The number of hydrogen-bond donors (Lipinski definition) is 2. The van der Waals surface area contributed by atoms with Gasteiger partial charge in [-0.3, -0.25) is 4.79 Å². The van der Waals surface area contributed by atoms with Gasteiger partial charge in [-0.05, 0) is 41.5 Å². The Morgan fingerprint density at radius 2 is 1.48 bits per heavy atom. The lowest BCUT2D eigenvalue weighted by molar-refractivity contribution is 0.0697. The van der Waals surface area contributed by atoms with Crippen molar-refractivity contribution < 1.29 is 14.7 Å². The molecule has 0 aliphatic carbocycles. The Kier molecular flexibility index (Phi) is 4.82. The number of amides is 1. The predicted molar refractivity (Wildman–Crippen MR) is 98.2 cm³/mol. The number of carboxylic acid groups (broad SMARTS) is 1. The summed E-state index contributed by atoms with van der Waals surface area (Å²) in [6.07, 6.45) is 0. The molecule has 2 N–H and O–H groups in total. The van der Waals surface area contributed by atoms with Crippen LogP contribution in [0.3, 0.4) is 0 Å². The van der Waals surface area contributed by atoms with E-state index in [0.717, 1.165) is 11.1 Å². The molecule has 124 valence electrons. The van der Waals surface area contributed by atoms with Crippen molar-refractivity contribution in [3.8, 4) is 11.1 Å². The van der Waals surface area contributed by atoms with E-state index in [9.17, 15) is 9.59 Å². The number of carboxylic acids is 1. The van der Waals surface area contributed by atoms with Gasteiger partial charge in [-0.1, -0.05) is 54.1 Å². The largest absolute Gasteiger partial charge is 0.478 e. The van der Waals surface area contributed by atoms with E-state index >= 15 is 0 Å². The smallest absolute Gasteiger partial charge is 0.337 e. The molecule has 0 saturated heterocycles. The van der Waals surface area contributed by atoms with Crippen LogP contribution < -0.4 is 5.32 Å². The van der Waals surface area contributed by atoms with Gasteiger partial charge in [0.25, 0.3) is 5.91 Å². The molecule has 0 atom stereocenters. The van der Waals surface area contributed by atoms with Crippen molar-refractivity contribution in [1.29, 1.82) is 0 Å². The van der Waals surface area contributed by atoms with Crippen molar-refractivity contribution in [2.45, 2.75) is 0 Å². The summed E-state index contributed by atoms with van der Waals surface area (Å²) < 4.78 is 0. The Morgan fingerprint density at radius 1 is 0.840 bits per heavy atom. The first-order valence-electron chi connectivity index (χ1n) is 7.54. The molecule has 0 radical (unpaired) electrons. The monoisotopic (exact) mass is 351 g/mol. The van der Waals surface area contributed by atoms with Crippen molar-refractivity contribution in [3.05, 3.63) is 88.9 Å². The Morgan fingerprint density at radius 3 is 2.08 bits per heavy atom. The fraction of sp³-hybridized carbons (Fsp3) is 0. The normalized spacial score (nSPS) is 10.3. The third-order valence-corrected chi connectivity index (χ3v) is 4.02. The summed E-state index contributed by atoms with van der Waals surface area (Å²) in [6.45, 7) is 0. The molecule has 0 saturated carbocycles. The van der Waals surface area contributed by atoms with Crippen LogP contribution in [-0.2, 0) is 0 Å². The molecule has 0 unspecified atom stereocenters. The summed E-state index contributed by atoms with van der Waals surface area (Å²) in [5, 5.41) is 11.7. The zero-order valence-electron chi connectivity index (χ0n) is 13.1. The molecule has 3 aromatic carbocycles. The second-order valence-electron chi connectivity index (χ2n) is 5.40. The summed E-state index contributed by atoms with van der Waals surface area (Å²) in [7, 11) is 0. The first kappa shape index (κ1) is 16.7. The van der Waals surface area contributed by atoms with E-state index in [1.807, 2.05) is 42.5 Å². The van der Waals surface area contributed by atoms with Gasteiger partial charge >= 0.3 is 5.97 Å². The number of rotatable bonds is 4. The van der Waals surface area contributed by atoms with Gasteiger partial charge in [0.1, 0.15) is 0 Å². The van der Waals surface area contributed by atoms with E-state index in [-0.39, 0.29) is 16.5 Å². The third-order valence-electron chi connectivity index (χ3n) is 3.71. The highest BCUT2D eigenvalue weighted by Gasteiger charge is 2.11. The first-order chi connectivity index (χ1) is 12.0. The van der Waals surface area contributed by atoms with E-state index in [1.165, 1.54) is 18.2 Å². The Balaban J connectivity index is 1.75. The topological polar surface area (TPSA) is 66.4 Å². The zero-order chi connectivity index (χ0) is 17.8. The van der Waals surface area contributed by atoms with Crippen LogP contribution in [-0.4, -0.2) is 17.0 Å². The molecule has 0 aliphatic rings. The van der Waals surface area contributed by atoms with Crippen LogP contribution in [0.1, 0.15) is 20.7 Å². The fourth-order valence-electron chi connectivity index (χ4n) is 2.41. The molecular formula is C20H14ClNO3. The third kappa shape index (κ3) is 3.87. The molecule has 0 spiro atoms. The van der Waals surface area contributed by atoms with Gasteiger partial charge < -0.3 is 10.4 Å². The predicted octanol–water partition coefficient (Wildman–Crippen LogP) is 4.96. The van der Waals surface area contributed by atoms with Crippen LogP contribution in [0.4, 0.5) is 5.69 Å². The lowest BCUT2D eigenvalue weighted by Gasteiger charge is -2.08. The number of benzene rings is 3. The van der Waals surface area contributed by atoms with Crippen LogP contribution in [0.5, 0.6) is 0 Å². The molecule has 5 heteroatoms. The van der Waals surface area contributed by atoms with Gasteiger partial charge in [0.15, 0.2) is 0 Å². The molecule has 1 amide bonds. The van der Waals surface area contributed by atoms with Crippen LogP contribution in [0.25, 0.3) is 11.1 Å². The summed E-state index contributed by atoms with van der Waals surface area (Å²) in [6, 6.07) is 21.4. The Bertz CT molecular complexity index is 921. The van der Waals surface area contributed by atoms with E-state index < -0.39 is 5.97 Å². The number of hydrogen-bond acceptors (Lipinski definition) is 2. The molecule has 0 aromatic heterocycles. The number of carbonyl (C=O) groups is 2. The van der Waals surface area contributed by atoms with Gasteiger partial charge in [-0.25, -0.2) is 4.79 Å². The summed E-state index contributed by atoms with van der Waals surface area (Å²) in [5.74, 6) is -1.40. The average Bonchev–Trinajstić information content (AvgIpc) is 2.62. The second kappa shape index (κ2) is 7.20. The standard InChI is InChI=1S/C20H14ClNO3/c21-18-12-16(10-11-17(18)20(24)25)22-19(23)15-8-6-14(7-9-15)13-4-2-1-3-5-13/h1-12H,(H,22,23)(H,24,25). The van der Waals surface area contributed by atoms with E-state index in [0.29, 0.717) is 11.3 Å². The minimum absolute atomic E-state index is 0.00752. The molecule has 4 nitrogen and oxygen atoms in total. The highest BCUT2D eigenvalue weighted by atomic mass is 35.5. The van der Waals surface area contributed by atoms with E-state index in [2.05, 4.69) is 5.32 Å². The van der Waals surface area contributed by atoms with Gasteiger partial charge in [-0.2, -0.15) is 0 Å². The number of halogens is 1. The molecule has 0 heterocycles. The minimum Gasteiger partial charge on any atom is -0.478 e. The highest BCUT2D eigenvalue weighted by Crippen LogP contribution is 2.22. The van der Waals surface area contributed by atoms with Crippen molar-refractivity contribution in [2.24, 2.45) is 0 Å². The summed E-state index contributed by atoms with van der Waals surface area (Å²) >= 11 is 5.91. The van der Waals surface area contributed by atoms with Crippen molar-refractivity contribution >= 4 is 29.2 Å². The van der Waals surface area contributed by atoms with E-state index in [1.54, 1.807) is 12.1 Å². The maximum absolute atomic E-state index is 12.3. The van der Waals surface area contributed by atoms with Crippen molar-refractivity contribution in [3.63, 3.8) is 0 Å². The highest BCUT2D eigenvalue weighted by molar-refractivity contribution is 6.33. The van der Waals surface area contributed by atoms with Crippen LogP contribution >= 0.6 is 11.6 Å². The molecular weight excluding hydrogens is 338 g/mol. The van der Waals surface area contributed by atoms with Crippen molar-refractivity contribution in [1.82, 2.24) is 0 Å². The minimum atomic E-state index is -1.11. The zero-order valence-corrected chi connectivity index (χ0v) is 13.8. The lowest BCUT2D eigenvalue weighted by Crippen LogP contribution is -2.12. The maximum atomic E-state index is 12.3. The molecule has 3 aromatic rings. The number of anilines is 1. The van der Waals surface area contributed by atoms with Gasteiger partial charge in [0.2, 0.25) is 0 Å². The summed E-state index contributed by atoms with van der Waals surface area (Å²) in [5.41, 5.74) is 3.02. The van der Waals surface area contributed by atoms with Gasteiger partial charge in [-0.15, -0.1) is 0 Å². The molecule has 0 aliphatic heterocycles. The molecule has 3 rings (SSSR count). The maximum Gasteiger partial charge on any atom is 0.337 e. The molecule has 0 fully saturated rings. The lowest BCUT2D eigenvalue weighted by atomic mass is 10.0. The number of nitrogens with one attached hydrogen (secondary N) is 1. The Hall–Kier alpha value is -3.11. The number of carbonyl (C=O) groups excluding carboxylic acids is 1. The van der Waals surface area contributed by atoms with Crippen LogP contribution in [0.15, 0.2) is 72.8 Å². The second-order valence-corrected chi connectivity index (χ2v) is 5.80. The number of aromatic carboxylic acids is 1. The quantitative estimate of drug-likeness (QED) is 0.698. The van der Waals surface area contributed by atoms with Gasteiger partial charge in [0.05, 0.1) is 10.6 Å². The molecule has 0 bridgehead atoms. The van der Waals surface area contributed by atoms with Crippen molar-refractivity contribution in [2.75, 3.05) is 5.32 Å². The van der Waals surface area contributed by atoms with E-state index in [4.69, 9.17) is 16.7 Å².